The van der Waals surface area contributed by atoms with E-state index in [4.69, 9.17) is 11.6 Å². The van der Waals surface area contributed by atoms with E-state index < -0.39 is 11.1 Å². The van der Waals surface area contributed by atoms with E-state index in [0.29, 0.717) is 23.7 Å². The van der Waals surface area contributed by atoms with E-state index in [1.54, 1.807) is 35.2 Å². The van der Waals surface area contributed by atoms with Crippen molar-refractivity contribution in [2.24, 2.45) is 0 Å². The number of rotatable bonds is 9. The summed E-state index contributed by atoms with van der Waals surface area (Å²) in [6.07, 6.45) is 4.32. The molecule has 1 fully saturated rings. The van der Waals surface area contributed by atoms with E-state index in [-0.39, 0.29) is 29.7 Å². The Bertz CT molecular complexity index is 1410. The van der Waals surface area contributed by atoms with Crippen LogP contribution in [0.15, 0.2) is 53.6 Å². The Morgan fingerprint density at radius 3 is 2.35 bits per heavy atom. The molecule has 37 heavy (non-hydrogen) atoms. The Kier molecular flexibility index (Phi) is 8.19. The third kappa shape index (κ3) is 5.50. The first-order chi connectivity index (χ1) is 17.8. The van der Waals surface area contributed by atoms with Crippen LogP contribution < -0.4 is 0 Å². The van der Waals surface area contributed by atoms with Crippen molar-refractivity contribution in [2.45, 2.75) is 33.7 Å². The molecule has 1 aromatic heterocycles. The quantitative estimate of drug-likeness (QED) is 0.260. The van der Waals surface area contributed by atoms with Crippen molar-refractivity contribution >= 4 is 63.2 Å². The van der Waals surface area contributed by atoms with Gasteiger partial charge in [-0.3, -0.25) is 24.1 Å². The highest BCUT2D eigenvalue weighted by atomic mass is 35.5. The van der Waals surface area contributed by atoms with Crippen molar-refractivity contribution in [1.29, 1.82) is 0 Å². The second kappa shape index (κ2) is 11.4. The second-order valence-electron chi connectivity index (χ2n) is 8.64. The maximum absolute atomic E-state index is 13.1. The lowest BCUT2D eigenvalue weighted by atomic mass is 10.1. The zero-order valence-corrected chi connectivity index (χ0v) is 22.6. The Labute approximate surface area is 225 Å². The SMILES string of the molecule is CCc1cccc2c(/C=C3\SC(=O)N(CC(=O)c4ccc(Cl)cc4)C3=O)cn(CC(=O)N(CC)CC)c12. The molecule has 2 aromatic carbocycles. The van der Waals surface area contributed by atoms with Gasteiger partial charge in [0.25, 0.3) is 11.1 Å². The zero-order chi connectivity index (χ0) is 26.7. The summed E-state index contributed by atoms with van der Waals surface area (Å²) in [6, 6.07) is 12.2. The summed E-state index contributed by atoms with van der Waals surface area (Å²) in [4.78, 5) is 54.3. The highest BCUT2D eigenvalue weighted by Crippen LogP contribution is 2.35. The number of fused-ring (bicyclic) bond motifs is 1. The van der Waals surface area contributed by atoms with E-state index >= 15 is 0 Å². The maximum atomic E-state index is 13.1. The number of para-hydroxylation sites is 1. The van der Waals surface area contributed by atoms with Crippen LogP contribution in [0.3, 0.4) is 0 Å². The molecule has 1 saturated heterocycles. The molecule has 3 aromatic rings. The van der Waals surface area contributed by atoms with Gasteiger partial charge in [-0.25, -0.2) is 0 Å². The molecule has 3 amide bonds. The molecule has 0 bridgehead atoms. The van der Waals surface area contributed by atoms with Gasteiger partial charge in [-0.05, 0) is 67.9 Å². The third-order valence-corrected chi connectivity index (χ3v) is 7.60. The van der Waals surface area contributed by atoms with Gasteiger partial charge in [-0.1, -0.05) is 36.7 Å². The summed E-state index contributed by atoms with van der Waals surface area (Å²) in [6.45, 7) is 7.05. The first kappa shape index (κ1) is 26.7. The molecule has 1 aliphatic heterocycles. The second-order valence-corrected chi connectivity index (χ2v) is 10.1. The van der Waals surface area contributed by atoms with Crippen LogP contribution in [-0.4, -0.2) is 56.8 Å². The summed E-state index contributed by atoms with van der Waals surface area (Å²) in [5.74, 6) is -0.844. The van der Waals surface area contributed by atoms with Gasteiger partial charge in [0, 0.05) is 40.8 Å². The number of carbonyl (C=O) groups excluding carboxylic acids is 4. The van der Waals surface area contributed by atoms with Crippen LogP contribution >= 0.6 is 23.4 Å². The fourth-order valence-electron chi connectivity index (χ4n) is 4.46. The van der Waals surface area contributed by atoms with Crippen molar-refractivity contribution in [3.8, 4) is 0 Å². The standard InChI is InChI=1S/C28H28ClN3O4S/c1-4-18-8-7-9-22-20(15-31(26(18)22)17-25(34)30(5-2)6-3)14-24-27(35)32(28(36)37-24)16-23(33)19-10-12-21(29)13-11-19/h7-15H,4-6,16-17H2,1-3H3/b24-14-. The number of nitrogens with zero attached hydrogens (tertiary/aromatic N) is 3. The minimum Gasteiger partial charge on any atom is -0.342 e. The van der Waals surface area contributed by atoms with Crippen LogP contribution in [0.4, 0.5) is 4.79 Å². The molecule has 0 aliphatic carbocycles. The van der Waals surface area contributed by atoms with Gasteiger partial charge in [0.2, 0.25) is 5.91 Å². The fourth-order valence-corrected chi connectivity index (χ4v) is 5.42. The molecule has 0 spiro atoms. The van der Waals surface area contributed by atoms with Crippen LogP contribution in [0.5, 0.6) is 0 Å². The van der Waals surface area contributed by atoms with Crippen molar-refractivity contribution in [3.05, 3.63) is 75.3 Å². The average molecular weight is 538 g/mol. The molecule has 4 rings (SSSR count). The zero-order valence-electron chi connectivity index (χ0n) is 21.0. The van der Waals surface area contributed by atoms with Crippen molar-refractivity contribution in [3.63, 3.8) is 0 Å². The minimum atomic E-state index is -0.510. The van der Waals surface area contributed by atoms with Crippen molar-refractivity contribution in [1.82, 2.24) is 14.4 Å². The number of ketones is 1. The number of aryl methyl sites for hydroxylation is 1. The lowest BCUT2D eigenvalue weighted by molar-refractivity contribution is -0.131. The number of Topliss-reactive ketones (excluding diaryl/α,β-unsaturated/α-hetero) is 1. The fraction of sp³-hybridized carbons (Fsp3) is 0.286. The monoisotopic (exact) mass is 537 g/mol. The van der Waals surface area contributed by atoms with Gasteiger partial charge in [-0.2, -0.15) is 0 Å². The molecule has 0 radical (unpaired) electrons. The third-order valence-electron chi connectivity index (χ3n) is 6.44. The number of thioether (sulfide) groups is 1. The van der Waals surface area contributed by atoms with Crippen LogP contribution in [0.25, 0.3) is 17.0 Å². The number of amides is 3. The predicted molar refractivity (Wildman–Crippen MR) is 148 cm³/mol. The molecule has 0 atom stereocenters. The smallest absolute Gasteiger partial charge is 0.293 e. The highest BCUT2D eigenvalue weighted by Gasteiger charge is 2.36. The summed E-state index contributed by atoms with van der Waals surface area (Å²) < 4.78 is 1.93. The minimum absolute atomic E-state index is 0.0143. The molecule has 2 heterocycles. The van der Waals surface area contributed by atoms with E-state index in [1.165, 1.54) is 0 Å². The largest absolute Gasteiger partial charge is 0.342 e. The summed E-state index contributed by atoms with van der Waals surface area (Å²) in [7, 11) is 0. The molecule has 192 valence electrons. The predicted octanol–water partition coefficient (Wildman–Crippen LogP) is 5.64. The summed E-state index contributed by atoms with van der Waals surface area (Å²) >= 11 is 6.70. The summed E-state index contributed by atoms with van der Waals surface area (Å²) in [5.41, 5.74) is 3.15. The van der Waals surface area contributed by atoms with Gasteiger partial charge in [0.15, 0.2) is 5.78 Å². The molecule has 0 N–H and O–H groups in total. The van der Waals surface area contributed by atoms with Gasteiger partial charge < -0.3 is 9.47 Å². The highest BCUT2D eigenvalue weighted by molar-refractivity contribution is 8.18. The number of aromatic nitrogens is 1. The number of hydrogen-bond donors (Lipinski definition) is 0. The summed E-state index contributed by atoms with van der Waals surface area (Å²) in [5, 5.41) is 0.902. The molecular weight excluding hydrogens is 510 g/mol. The topological polar surface area (TPSA) is 79.7 Å². The van der Waals surface area contributed by atoms with Crippen molar-refractivity contribution in [2.75, 3.05) is 19.6 Å². The lowest BCUT2D eigenvalue weighted by Gasteiger charge is -2.19. The first-order valence-corrected chi connectivity index (χ1v) is 13.4. The van der Waals surface area contributed by atoms with Crippen LogP contribution in [-0.2, 0) is 22.6 Å². The van der Waals surface area contributed by atoms with E-state index in [0.717, 1.165) is 45.1 Å². The van der Waals surface area contributed by atoms with Crippen LogP contribution in [0, 0.1) is 0 Å². The van der Waals surface area contributed by atoms with E-state index in [1.807, 2.05) is 42.8 Å². The van der Waals surface area contributed by atoms with Crippen LogP contribution in [0.1, 0.15) is 42.3 Å². The van der Waals surface area contributed by atoms with Crippen molar-refractivity contribution < 1.29 is 19.2 Å². The molecular formula is C28H28ClN3O4S. The molecule has 1 aliphatic rings. The molecule has 0 unspecified atom stereocenters. The molecule has 7 nitrogen and oxygen atoms in total. The van der Waals surface area contributed by atoms with E-state index in [2.05, 4.69) is 6.92 Å². The number of likely N-dealkylation sites (N-methyl/N-ethyl adjacent to an activating group) is 1. The average Bonchev–Trinajstić information content (AvgIpc) is 3.36. The number of halogens is 1. The van der Waals surface area contributed by atoms with Crippen LogP contribution in [0.2, 0.25) is 5.02 Å². The number of benzene rings is 2. The Morgan fingerprint density at radius 1 is 1.00 bits per heavy atom. The van der Waals surface area contributed by atoms with E-state index in [9.17, 15) is 19.2 Å². The number of carbonyl (C=O) groups is 4. The number of hydrogen-bond acceptors (Lipinski definition) is 5. The van der Waals surface area contributed by atoms with Gasteiger partial charge >= 0.3 is 0 Å². The number of imide groups is 1. The van der Waals surface area contributed by atoms with Gasteiger partial charge in [0.05, 0.1) is 17.0 Å². The Morgan fingerprint density at radius 2 is 1.70 bits per heavy atom. The Hall–Kier alpha value is -3.36. The molecule has 9 heteroatoms. The normalized spacial score (nSPS) is 14.7. The maximum Gasteiger partial charge on any atom is 0.293 e. The van der Waals surface area contributed by atoms with Gasteiger partial charge in [0.1, 0.15) is 6.54 Å². The first-order valence-electron chi connectivity index (χ1n) is 12.2. The lowest BCUT2D eigenvalue weighted by Crippen LogP contribution is -2.33. The molecule has 0 saturated carbocycles. The Balaban J connectivity index is 1.65. The van der Waals surface area contributed by atoms with Gasteiger partial charge in [-0.15, -0.1) is 0 Å².